The smallest absolute Gasteiger partial charge is 0.324 e. The predicted molar refractivity (Wildman–Crippen MR) is 80.8 cm³/mol. The van der Waals surface area contributed by atoms with Crippen molar-refractivity contribution in [1.29, 1.82) is 0 Å². The minimum atomic E-state index is -3.90. The van der Waals surface area contributed by atoms with Gasteiger partial charge in [-0.05, 0) is 32.0 Å². The van der Waals surface area contributed by atoms with Crippen molar-refractivity contribution in [3.8, 4) is 0 Å². The van der Waals surface area contributed by atoms with E-state index in [1.807, 2.05) is 0 Å². The van der Waals surface area contributed by atoms with Crippen LogP contribution in [0, 0.1) is 0 Å². The third-order valence-corrected chi connectivity index (χ3v) is 4.10. The van der Waals surface area contributed by atoms with Gasteiger partial charge in [-0.25, -0.2) is 18.4 Å². The van der Waals surface area contributed by atoms with Crippen LogP contribution in [0.15, 0.2) is 29.2 Å². The van der Waals surface area contributed by atoms with E-state index in [2.05, 4.69) is 10.6 Å². The third-order valence-electron chi connectivity index (χ3n) is 3.19. The molecular formula is C13H16N4O5S. The lowest BCUT2D eigenvalue weighted by molar-refractivity contribution is -0.132. The van der Waals surface area contributed by atoms with Gasteiger partial charge in [0.2, 0.25) is 15.9 Å². The summed E-state index contributed by atoms with van der Waals surface area (Å²) in [5, 5.41) is 9.88. The molecule has 1 fully saturated rings. The molecule has 1 saturated heterocycles. The molecule has 0 radical (unpaired) electrons. The Labute approximate surface area is 132 Å². The molecule has 2 rings (SSSR count). The molecule has 10 heteroatoms. The van der Waals surface area contributed by atoms with Crippen LogP contribution in [0.25, 0.3) is 0 Å². The quantitative estimate of drug-likeness (QED) is 0.640. The molecule has 124 valence electrons. The van der Waals surface area contributed by atoms with Crippen molar-refractivity contribution in [2.75, 3.05) is 11.9 Å². The Balaban J connectivity index is 2.09. The Morgan fingerprint density at radius 2 is 2.00 bits per heavy atom. The lowest BCUT2D eigenvalue weighted by Gasteiger charge is -2.15. The minimum absolute atomic E-state index is 0.161. The van der Waals surface area contributed by atoms with E-state index in [0.717, 1.165) is 4.90 Å². The van der Waals surface area contributed by atoms with Gasteiger partial charge in [0.1, 0.15) is 12.1 Å². The largest absolute Gasteiger partial charge is 0.325 e. The summed E-state index contributed by atoms with van der Waals surface area (Å²) in [6.45, 7) is 2.58. The van der Waals surface area contributed by atoms with Gasteiger partial charge >= 0.3 is 6.03 Å². The first kappa shape index (κ1) is 16.9. The summed E-state index contributed by atoms with van der Waals surface area (Å²) in [7, 11) is -3.90. The second-order valence-electron chi connectivity index (χ2n) is 5.57. The highest BCUT2D eigenvalue weighted by atomic mass is 32.2. The molecule has 9 nitrogen and oxygen atoms in total. The van der Waals surface area contributed by atoms with E-state index in [1.54, 1.807) is 0 Å². The van der Waals surface area contributed by atoms with Crippen LogP contribution in [0.2, 0.25) is 0 Å². The molecule has 1 aliphatic heterocycles. The molecule has 1 aromatic rings. The number of carbonyl (C=O) groups excluding carboxylic acids is 3. The summed E-state index contributed by atoms with van der Waals surface area (Å²) in [6, 6.07) is 4.68. The lowest BCUT2D eigenvalue weighted by Crippen LogP contribution is -2.41. The molecule has 0 saturated carbocycles. The van der Waals surface area contributed by atoms with E-state index in [1.165, 1.54) is 38.1 Å². The maximum atomic E-state index is 12.0. The van der Waals surface area contributed by atoms with Gasteiger partial charge in [0.25, 0.3) is 5.91 Å². The third kappa shape index (κ3) is 3.66. The molecule has 1 aliphatic rings. The zero-order valence-corrected chi connectivity index (χ0v) is 13.3. The SMILES string of the molecule is CC1(C)NC(=O)N(CC(=O)Nc2cccc(S(N)(=O)=O)c2)C1=O. The van der Waals surface area contributed by atoms with Crippen LogP contribution >= 0.6 is 0 Å². The monoisotopic (exact) mass is 340 g/mol. The summed E-state index contributed by atoms with van der Waals surface area (Å²) in [4.78, 5) is 36.3. The van der Waals surface area contributed by atoms with Crippen LogP contribution in [0.4, 0.5) is 10.5 Å². The average molecular weight is 340 g/mol. The molecule has 0 aliphatic carbocycles. The van der Waals surface area contributed by atoms with Crippen molar-refractivity contribution in [1.82, 2.24) is 10.2 Å². The second-order valence-corrected chi connectivity index (χ2v) is 7.13. The zero-order chi connectivity index (χ0) is 17.4. The van der Waals surface area contributed by atoms with E-state index in [0.29, 0.717) is 0 Å². The number of hydrogen-bond acceptors (Lipinski definition) is 5. The Bertz CT molecular complexity index is 787. The Morgan fingerprint density at radius 3 is 2.52 bits per heavy atom. The molecule has 0 atom stereocenters. The second kappa shape index (κ2) is 5.63. The van der Waals surface area contributed by atoms with Gasteiger partial charge < -0.3 is 10.6 Å². The predicted octanol–water partition coefficient (Wildman–Crippen LogP) is -0.397. The van der Waals surface area contributed by atoms with Gasteiger partial charge in [-0.15, -0.1) is 0 Å². The summed E-state index contributed by atoms with van der Waals surface area (Å²) in [5.74, 6) is -1.16. The fourth-order valence-electron chi connectivity index (χ4n) is 2.06. The van der Waals surface area contributed by atoms with Gasteiger partial charge in [0.15, 0.2) is 0 Å². The topological polar surface area (TPSA) is 139 Å². The van der Waals surface area contributed by atoms with Crippen LogP contribution < -0.4 is 15.8 Å². The Morgan fingerprint density at radius 1 is 1.35 bits per heavy atom. The fraction of sp³-hybridized carbons (Fsp3) is 0.308. The summed E-state index contributed by atoms with van der Waals surface area (Å²) in [5.41, 5.74) is -0.877. The van der Waals surface area contributed by atoms with Crippen LogP contribution in [0.1, 0.15) is 13.8 Å². The molecule has 0 spiro atoms. The first-order chi connectivity index (χ1) is 10.5. The Kier molecular flexibility index (Phi) is 4.14. The molecule has 0 unspecified atom stereocenters. The van der Waals surface area contributed by atoms with E-state index in [-0.39, 0.29) is 10.6 Å². The first-order valence-electron chi connectivity index (χ1n) is 6.57. The van der Waals surface area contributed by atoms with E-state index >= 15 is 0 Å². The Hall–Kier alpha value is -2.46. The number of imide groups is 1. The number of nitrogens with two attached hydrogens (primary N) is 1. The van der Waals surface area contributed by atoms with Crippen LogP contribution in [-0.4, -0.2) is 43.2 Å². The van der Waals surface area contributed by atoms with Crippen LogP contribution in [0.3, 0.4) is 0 Å². The molecular weight excluding hydrogens is 324 g/mol. The summed E-state index contributed by atoms with van der Waals surface area (Å²) < 4.78 is 22.5. The molecule has 0 bridgehead atoms. The van der Waals surface area contributed by atoms with Crippen LogP contribution in [-0.2, 0) is 19.6 Å². The number of anilines is 1. The lowest BCUT2D eigenvalue weighted by atomic mass is 10.1. The van der Waals surface area contributed by atoms with Crippen molar-refractivity contribution in [2.24, 2.45) is 5.14 Å². The number of nitrogens with zero attached hydrogens (tertiary/aromatic N) is 1. The van der Waals surface area contributed by atoms with Crippen LogP contribution in [0.5, 0.6) is 0 Å². The van der Waals surface area contributed by atoms with E-state index in [9.17, 15) is 22.8 Å². The van der Waals surface area contributed by atoms with Crippen molar-refractivity contribution in [3.05, 3.63) is 24.3 Å². The molecule has 1 heterocycles. The van der Waals surface area contributed by atoms with Gasteiger partial charge in [-0.1, -0.05) is 6.07 Å². The standard InChI is InChI=1S/C13H16N4O5S/c1-13(2)11(19)17(12(20)16-13)7-10(18)15-8-4-3-5-9(6-8)23(14,21)22/h3-6H,7H2,1-2H3,(H,15,18)(H,16,20)(H2,14,21,22). The first-order valence-corrected chi connectivity index (χ1v) is 8.12. The van der Waals surface area contributed by atoms with Gasteiger partial charge in [0.05, 0.1) is 4.90 Å². The molecule has 4 N–H and O–H groups in total. The summed E-state index contributed by atoms with van der Waals surface area (Å²) in [6.07, 6.45) is 0. The number of rotatable bonds is 4. The fourth-order valence-corrected chi connectivity index (χ4v) is 2.62. The number of urea groups is 1. The number of hydrogen-bond donors (Lipinski definition) is 3. The van der Waals surface area contributed by atoms with Crippen molar-refractivity contribution in [2.45, 2.75) is 24.3 Å². The minimum Gasteiger partial charge on any atom is -0.324 e. The molecule has 23 heavy (non-hydrogen) atoms. The number of primary sulfonamides is 1. The highest BCUT2D eigenvalue weighted by molar-refractivity contribution is 7.89. The highest BCUT2D eigenvalue weighted by Crippen LogP contribution is 2.17. The number of benzene rings is 1. The van der Waals surface area contributed by atoms with E-state index < -0.39 is 40.0 Å². The molecule has 0 aromatic heterocycles. The van der Waals surface area contributed by atoms with E-state index in [4.69, 9.17) is 5.14 Å². The zero-order valence-electron chi connectivity index (χ0n) is 12.5. The van der Waals surface area contributed by atoms with Crippen molar-refractivity contribution >= 4 is 33.6 Å². The van der Waals surface area contributed by atoms with Crippen molar-refractivity contribution < 1.29 is 22.8 Å². The van der Waals surface area contributed by atoms with Gasteiger partial charge in [0, 0.05) is 5.69 Å². The normalized spacial score (nSPS) is 17.1. The highest BCUT2D eigenvalue weighted by Gasteiger charge is 2.44. The van der Waals surface area contributed by atoms with Gasteiger partial charge in [-0.3, -0.25) is 14.5 Å². The molecule has 4 amide bonds. The van der Waals surface area contributed by atoms with Crippen molar-refractivity contribution in [3.63, 3.8) is 0 Å². The molecule has 1 aromatic carbocycles. The average Bonchev–Trinajstić information content (AvgIpc) is 2.60. The number of nitrogens with one attached hydrogen (secondary N) is 2. The number of carbonyl (C=O) groups is 3. The number of sulfonamides is 1. The summed E-state index contributed by atoms with van der Waals surface area (Å²) >= 11 is 0. The number of amides is 4. The maximum Gasteiger partial charge on any atom is 0.325 e. The maximum absolute atomic E-state index is 12.0. The van der Waals surface area contributed by atoms with Gasteiger partial charge in [-0.2, -0.15) is 0 Å².